The molecule has 16 heavy (non-hydrogen) atoms. The number of hydrogen-bond acceptors (Lipinski definition) is 1. The minimum absolute atomic E-state index is 0.227. The molecule has 0 amide bonds. The zero-order valence-corrected chi connectivity index (χ0v) is 8.60. The molecule has 1 unspecified atom stereocenters. The normalized spacial score (nSPS) is 14.2. The van der Waals surface area contributed by atoms with Crippen LogP contribution in [0.2, 0.25) is 0 Å². The van der Waals surface area contributed by atoms with Crippen LogP contribution in [-0.2, 0) is 0 Å². The predicted molar refractivity (Wildman–Crippen MR) is 56.2 cm³/mol. The Kier molecular flexibility index (Phi) is 2.63. The average Bonchev–Trinajstić information content (AvgIpc) is 2.61. The first-order chi connectivity index (χ1) is 7.54. The maximum absolute atomic E-state index is 12.7. The van der Waals surface area contributed by atoms with Crippen molar-refractivity contribution in [2.24, 2.45) is 0 Å². The zero-order chi connectivity index (χ0) is 11.8. The highest BCUT2D eigenvalue weighted by atomic mass is 19.4. The van der Waals surface area contributed by atoms with Crippen molar-refractivity contribution in [3.8, 4) is 0 Å². The van der Waals surface area contributed by atoms with Gasteiger partial charge in [-0.15, -0.1) is 0 Å². The maximum Gasteiger partial charge on any atom is 0.407 e. The van der Waals surface area contributed by atoms with Gasteiger partial charge in [-0.05, 0) is 13.1 Å². The Morgan fingerprint density at radius 3 is 2.56 bits per heavy atom. The van der Waals surface area contributed by atoms with Crippen LogP contribution in [0.25, 0.3) is 10.9 Å². The molecule has 0 spiro atoms. The molecule has 0 aliphatic heterocycles. The Bertz CT molecular complexity index is 487. The number of hydrogen-bond donors (Lipinski definition) is 2. The lowest BCUT2D eigenvalue weighted by atomic mass is 10.1. The van der Waals surface area contributed by atoms with Gasteiger partial charge >= 0.3 is 6.18 Å². The molecule has 1 aromatic heterocycles. The summed E-state index contributed by atoms with van der Waals surface area (Å²) < 4.78 is 38.2. The highest BCUT2D eigenvalue weighted by Gasteiger charge is 2.40. The fourth-order valence-corrected chi connectivity index (χ4v) is 1.83. The second-order valence-corrected chi connectivity index (χ2v) is 3.55. The van der Waals surface area contributed by atoms with Gasteiger partial charge in [0.2, 0.25) is 0 Å². The van der Waals surface area contributed by atoms with E-state index >= 15 is 0 Å². The van der Waals surface area contributed by atoms with E-state index in [-0.39, 0.29) is 5.56 Å². The molecule has 1 atom stereocenters. The molecule has 0 bridgehead atoms. The van der Waals surface area contributed by atoms with Gasteiger partial charge in [-0.2, -0.15) is 13.2 Å². The minimum atomic E-state index is -4.29. The summed E-state index contributed by atoms with van der Waals surface area (Å²) in [5.74, 6) is 0. The van der Waals surface area contributed by atoms with Crippen molar-refractivity contribution in [1.82, 2.24) is 10.3 Å². The van der Waals surface area contributed by atoms with Gasteiger partial charge in [-0.25, -0.2) is 0 Å². The zero-order valence-electron chi connectivity index (χ0n) is 8.60. The van der Waals surface area contributed by atoms with Crippen molar-refractivity contribution < 1.29 is 13.2 Å². The topological polar surface area (TPSA) is 27.8 Å². The van der Waals surface area contributed by atoms with E-state index in [1.807, 2.05) is 0 Å². The molecular formula is C11H11F3N2. The number of halogens is 3. The lowest BCUT2D eigenvalue weighted by Gasteiger charge is -2.18. The van der Waals surface area contributed by atoms with Gasteiger partial charge < -0.3 is 10.3 Å². The van der Waals surface area contributed by atoms with Crippen LogP contribution in [0.15, 0.2) is 30.5 Å². The highest BCUT2D eigenvalue weighted by molar-refractivity contribution is 5.83. The van der Waals surface area contributed by atoms with Crippen LogP contribution in [-0.4, -0.2) is 18.2 Å². The van der Waals surface area contributed by atoms with E-state index in [0.29, 0.717) is 10.9 Å². The molecule has 1 aromatic carbocycles. The molecule has 0 radical (unpaired) electrons. The van der Waals surface area contributed by atoms with Crippen LogP contribution in [0.3, 0.4) is 0 Å². The van der Waals surface area contributed by atoms with Gasteiger partial charge in [0, 0.05) is 22.7 Å². The third kappa shape index (κ3) is 1.78. The smallest absolute Gasteiger partial charge is 0.361 e. The van der Waals surface area contributed by atoms with Crippen molar-refractivity contribution >= 4 is 10.9 Å². The average molecular weight is 228 g/mol. The molecule has 0 saturated carbocycles. The molecule has 0 fully saturated rings. The molecule has 2 rings (SSSR count). The van der Waals surface area contributed by atoms with E-state index < -0.39 is 12.2 Å². The number of rotatable bonds is 2. The molecule has 0 aliphatic carbocycles. The second-order valence-electron chi connectivity index (χ2n) is 3.55. The summed E-state index contributed by atoms with van der Waals surface area (Å²) in [7, 11) is 1.31. The standard InChI is InChI=1S/C11H11F3N2/c1-15-10(11(12,13)14)8-6-16-9-5-3-2-4-7(8)9/h2-6,10,15-16H,1H3. The minimum Gasteiger partial charge on any atom is -0.361 e. The predicted octanol–water partition coefficient (Wildman–Crippen LogP) is 2.99. The van der Waals surface area contributed by atoms with Gasteiger partial charge in [0.1, 0.15) is 6.04 Å². The molecule has 5 heteroatoms. The summed E-state index contributed by atoms with van der Waals surface area (Å²) in [5, 5.41) is 2.89. The SMILES string of the molecule is CNC(c1c[nH]c2ccccc12)C(F)(F)F. The maximum atomic E-state index is 12.7. The fourth-order valence-electron chi connectivity index (χ4n) is 1.83. The number of benzene rings is 1. The van der Waals surface area contributed by atoms with Crippen LogP contribution < -0.4 is 5.32 Å². The van der Waals surface area contributed by atoms with Crippen LogP contribution >= 0.6 is 0 Å². The number of nitrogens with one attached hydrogen (secondary N) is 2. The van der Waals surface area contributed by atoms with Gasteiger partial charge in [0.05, 0.1) is 0 Å². The molecule has 0 saturated heterocycles. The van der Waals surface area contributed by atoms with Crippen molar-refractivity contribution in [2.45, 2.75) is 12.2 Å². The Hall–Kier alpha value is -1.49. The second kappa shape index (κ2) is 3.83. The third-order valence-corrected chi connectivity index (χ3v) is 2.55. The van der Waals surface area contributed by atoms with Crippen LogP contribution in [0.4, 0.5) is 13.2 Å². The molecule has 2 nitrogen and oxygen atoms in total. The molecule has 0 aliphatic rings. The number of H-pyrrole nitrogens is 1. The van der Waals surface area contributed by atoms with Crippen molar-refractivity contribution in [1.29, 1.82) is 0 Å². The summed E-state index contributed by atoms with van der Waals surface area (Å²) in [4.78, 5) is 2.84. The summed E-state index contributed by atoms with van der Waals surface area (Å²) in [6.45, 7) is 0. The van der Waals surface area contributed by atoms with Gasteiger partial charge in [0.15, 0.2) is 0 Å². The van der Waals surface area contributed by atoms with E-state index in [2.05, 4.69) is 10.3 Å². The van der Waals surface area contributed by atoms with Gasteiger partial charge in [0.25, 0.3) is 0 Å². The third-order valence-electron chi connectivity index (χ3n) is 2.55. The fraction of sp³-hybridized carbons (Fsp3) is 0.273. The summed E-state index contributed by atoms with van der Waals surface area (Å²) >= 11 is 0. The first kappa shape index (κ1) is 11.0. The first-order valence-electron chi connectivity index (χ1n) is 4.84. The lowest BCUT2D eigenvalue weighted by Crippen LogP contribution is -2.31. The van der Waals surface area contributed by atoms with Crippen molar-refractivity contribution in [3.63, 3.8) is 0 Å². The summed E-state index contributed by atoms with van der Waals surface area (Å²) in [5.41, 5.74) is 0.938. The first-order valence-corrected chi connectivity index (χ1v) is 4.84. The van der Waals surface area contributed by atoms with Crippen LogP contribution in [0, 0.1) is 0 Å². The van der Waals surface area contributed by atoms with E-state index in [1.54, 1.807) is 24.3 Å². The van der Waals surface area contributed by atoms with E-state index in [1.165, 1.54) is 13.2 Å². The number of aromatic nitrogens is 1. The molecule has 1 heterocycles. The quantitative estimate of drug-likeness (QED) is 0.812. The highest BCUT2D eigenvalue weighted by Crippen LogP contribution is 2.35. The largest absolute Gasteiger partial charge is 0.407 e. The number of fused-ring (bicyclic) bond motifs is 1. The summed E-state index contributed by atoms with van der Waals surface area (Å²) in [6, 6.07) is 5.30. The van der Waals surface area contributed by atoms with E-state index in [9.17, 15) is 13.2 Å². The Morgan fingerprint density at radius 1 is 1.25 bits per heavy atom. The van der Waals surface area contributed by atoms with Crippen LogP contribution in [0.1, 0.15) is 11.6 Å². The van der Waals surface area contributed by atoms with E-state index in [4.69, 9.17) is 0 Å². The Balaban J connectivity index is 2.54. The molecule has 2 aromatic rings. The van der Waals surface area contributed by atoms with Crippen molar-refractivity contribution in [2.75, 3.05) is 7.05 Å². The number of aromatic amines is 1. The Labute approximate surface area is 90.5 Å². The van der Waals surface area contributed by atoms with Gasteiger partial charge in [-0.3, -0.25) is 0 Å². The Morgan fingerprint density at radius 2 is 1.94 bits per heavy atom. The monoisotopic (exact) mass is 228 g/mol. The molecule has 86 valence electrons. The number of para-hydroxylation sites is 1. The molecule has 2 N–H and O–H groups in total. The molecular weight excluding hydrogens is 217 g/mol. The number of alkyl halides is 3. The summed E-state index contributed by atoms with van der Waals surface area (Å²) in [6.07, 6.45) is -2.89. The van der Waals surface area contributed by atoms with Crippen LogP contribution in [0.5, 0.6) is 0 Å². The van der Waals surface area contributed by atoms with Gasteiger partial charge in [-0.1, -0.05) is 18.2 Å². The van der Waals surface area contributed by atoms with Crippen molar-refractivity contribution in [3.05, 3.63) is 36.0 Å². The van der Waals surface area contributed by atoms with E-state index in [0.717, 1.165) is 0 Å². The lowest BCUT2D eigenvalue weighted by molar-refractivity contribution is -0.156.